The number of nitrogens with one attached hydrogen (secondary N) is 1. The van der Waals surface area contributed by atoms with Gasteiger partial charge in [0.15, 0.2) is 0 Å². The van der Waals surface area contributed by atoms with Crippen LogP contribution in [0.1, 0.15) is 36.6 Å². The van der Waals surface area contributed by atoms with Crippen LogP contribution in [0.15, 0.2) is 4.79 Å². The molecule has 0 amide bonds. The summed E-state index contributed by atoms with van der Waals surface area (Å²) in [4.78, 5) is 17.9. The topological polar surface area (TPSA) is 66.0 Å². The standard InChI is InChI=1S/C9H12N2O2/c1-5-8(12)10-7(11-9(5)13)6-3-2-4-6/h6H,2-4H2,1H3,(H2,10,11,12,13). The van der Waals surface area contributed by atoms with Crippen LogP contribution in [0.4, 0.5) is 0 Å². The van der Waals surface area contributed by atoms with Crippen molar-refractivity contribution in [3.63, 3.8) is 0 Å². The van der Waals surface area contributed by atoms with Crippen LogP contribution in [-0.4, -0.2) is 15.1 Å². The molecule has 1 aromatic heterocycles. The van der Waals surface area contributed by atoms with Gasteiger partial charge in [0.05, 0.1) is 5.56 Å². The molecule has 1 aliphatic carbocycles. The van der Waals surface area contributed by atoms with Gasteiger partial charge in [-0.1, -0.05) is 6.42 Å². The molecule has 13 heavy (non-hydrogen) atoms. The fourth-order valence-electron chi connectivity index (χ4n) is 1.41. The Kier molecular flexibility index (Phi) is 1.83. The lowest BCUT2D eigenvalue weighted by Gasteiger charge is -2.24. The minimum atomic E-state index is -0.227. The van der Waals surface area contributed by atoms with Gasteiger partial charge in [-0.3, -0.25) is 4.79 Å². The second-order valence-electron chi connectivity index (χ2n) is 3.53. The van der Waals surface area contributed by atoms with E-state index in [0.29, 0.717) is 17.3 Å². The van der Waals surface area contributed by atoms with Crippen LogP contribution in [0.5, 0.6) is 5.88 Å². The Hall–Kier alpha value is -1.32. The van der Waals surface area contributed by atoms with Crippen molar-refractivity contribution in [3.8, 4) is 5.88 Å². The second-order valence-corrected chi connectivity index (χ2v) is 3.53. The summed E-state index contributed by atoms with van der Waals surface area (Å²) >= 11 is 0. The third kappa shape index (κ3) is 1.32. The van der Waals surface area contributed by atoms with Crippen LogP contribution >= 0.6 is 0 Å². The predicted octanol–water partition coefficient (Wildman–Crippen LogP) is 1.05. The Balaban J connectivity index is 2.43. The van der Waals surface area contributed by atoms with E-state index < -0.39 is 0 Å². The van der Waals surface area contributed by atoms with Gasteiger partial charge in [0.1, 0.15) is 5.82 Å². The zero-order chi connectivity index (χ0) is 9.42. The van der Waals surface area contributed by atoms with Crippen molar-refractivity contribution in [2.75, 3.05) is 0 Å². The number of hydrogen-bond acceptors (Lipinski definition) is 3. The van der Waals surface area contributed by atoms with Crippen molar-refractivity contribution in [2.45, 2.75) is 32.1 Å². The molecule has 1 heterocycles. The van der Waals surface area contributed by atoms with Gasteiger partial charge in [-0.2, -0.15) is 4.98 Å². The quantitative estimate of drug-likeness (QED) is 0.678. The Morgan fingerprint density at radius 3 is 2.69 bits per heavy atom. The van der Waals surface area contributed by atoms with E-state index in [1.54, 1.807) is 6.92 Å². The third-order valence-electron chi connectivity index (χ3n) is 2.64. The molecule has 1 aromatic rings. The zero-order valence-electron chi connectivity index (χ0n) is 7.50. The smallest absolute Gasteiger partial charge is 0.257 e. The first kappa shape index (κ1) is 8.29. The maximum atomic E-state index is 11.2. The molecule has 4 nitrogen and oxygen atoms in total. The van der Waals surface area contributed by atoms with Crippen molar-refractivity contribution >= 4 is 0 Å². The Morgan fingerprint density at radius 1 is 1.54 bits per heavy atom. The zero-order valence-corrected chi connectivity index (χ0v) is 7.50. The van der Waals surface area contributed by atoms with E-state index in [2.05, 4.69) is 9.97 Å². The van der Waals surface area contributed by atoms with Gasteiger partial charge in [0.25, 0.3) is 5.56 Å². The summed E-state index contributed by atoms with van der Waals surface area (Å²) < 4.78 is 0. The number of aromatic nitrogens is 2. The van der Waals surface area contributed by atoms with E-state index in [4.69, 9.17) is 0 Å². The van der Waals surface area contributed by atoms with E-state index in [1.807, 2.05) is 0 Å². The number of aromatic hydroxyl groups is 1. The first-order valence-corrected chi connectivity index (χ1v) is 4.48. The Bertz CT molecular complexity index is 380. The fourth-order valence-corrected chi connectivity index (χ4v) is 1.41. The molecule has 4 heteroatoms. The minimum absolute atomic E-state index is 0.134. The highest BCUT2D eigenvalue weighted by molar-refractivity contribution is 5.21. The molecule has 2 rings (SSSR count). The lowest BCUT2D eigenvalue weighted by molar-refractivity contribution is 0.385. The van der Waals surface area contributed by atoms with Crippen LogP contribution in [0.2, 0.25) is 0 Å². The normalized spacial score (nSPS) is 17.0. The maximum absolute atomic E-state index is 11.2. The molecular formula is C9H12N2O2. The molecule has 1 saturated carbocycles. The van der Waals surface area contributed by atoms with Crippen molar-refractivity contribution in [2.24, 2.45) is 0 Å². The first-order chi connectivity index (χ1) is 6.18. The summed E-state index contributed by atoms with van der Waals surface area (Å²) in [6.07, 6.45) is 3.31. The molecule has 0 spiro atoms. The molecule has 70 valence electrons. The van der Waals surface area contributed by atoms with E-state index in [0.717, 1.165) is 12.8 Å². The molecular weight excluding hydrogens is 168 g/mol. The maximum Gasteiger partial charge on any atom is 0.257 e. The second kappa shape index (κ2) is 2.87. The van der Waals surface area contributed by atoms with Gasteiger partial charge in [0, 0.05) is 5.92 Å². The van der Waals surface area contributed by atoms with Crippen LogP contribution in [0.3, 0.4) is 0 Å². The summed E-state index contributed by atoms with van der Waals surface area (Å²) in [5, 5.41) is 9.32. The molecule has 0 radical (unpaired) electrons. The summed E-state index contributed by atoms with van der Waals surface area (Å²) in [6, 6.07) is 0. The molecule has 0 aliphatic heterocycles. The van der Waals surface area contributed by atoms with Gasteiger partial charge < -0.3 is 10.1 Å². The fraction of sp³-hybridized carbons (Fsp3) is 0.556. The minimum Gasteiger partial charge on any atom is -0.493 e. The molecule has 0 unspecified atom stereocenters. The summed E-state index contributed by atoms with van der Waals surface area (Å²) in [7, 11) is 0. The monoisotopic (exact) mass is 180 g/mol. The largest absolute Gasteiger partial charge is 0.493 e. The van der Waals surface area contributed by atoms with Crippen LogP contribution in [0, 0.1) is 6.92 Å². The van der Waals surface area contributed by atoms with Crippen LogP contribution in [-0.2, 0) is 0 Å². The van der Waals surface area contributed by atoms with Crippen LogP contribution in [0.25, 0.3) is 0 Å². The average Bonchev–Trinajstić information content (AvgIpc) is 1.96. The highest BCUT2D eigenvalue weighted by atomic mass is 16.3. The Labute approximate surface area is 75.6 Å². The number of hydrogen-bond donors (Lipinski definition) is 2. The van der Waals surface area contributed by atoms with E-state index in [-0.39, 0.29) is 11.4 Å². The average molecular weight is 180 g/mol. The predicted molar refractivity (Wildman–Crippen MR) is 47.9 cm³/mol. The highest BCUT2D eigenvalue weighted by Crippen LogP contribution is 2.34. The molecule has 0 bridgehead atoms. The van der Waals surface area contributed by atoms with Crippen molar-refractivity contribution in [1.29, 1.82) is 0 Å². The molecule has 0 saturated heterocycles. The number of H-pyrrole nitrogens is 1. The number of rotatable bonds is 1. The highest BCUT2D eigenvalue weighted by Gasteiger charge is 2.22. The van der Waals surface area contributed by atoms with E-state index >= 15 is 0 Å². The van der Waals surface area contributed by atoms with Gasteiger partial charge in [-0.05, 0) is 19.8 Å². The number of aromatic amines is 1. The van der Waals surface area contributed by atoms with Gasteiger partial charge in [-0.25, -0.2) is 0 Å². The lowest BCUT2D eigenvalue weighted by Crippen LogP contribution is -2.20. The molecule has 0 atom stereocenters. The molecule has 1 fully saturated rings. The van der Waals surface area contributed by atoms with Crippen LogP contribution < -0.4 is 5.56 Å². The molecule has 1 aliphatic rings. The van der Waals surface area contributed by atoms with Gasteiger partial charge >= 0.3 is 0 Å². The molecule has 2 N–H and O–H groups in total. The summed E-state index contributed by atoms with van der Waals surface area (Å²) in [6.45, 7) is 1.56. The third-order valence-corrected chi connectivity index (χ3v) is 2.64. The summed E-state index contributed by atoms with van der Waals surface area (Å²) in [5.41, 5.74) is 0.0671. The van der Waals surface area contributed by atoms with Crippen molar-refractivity contribution < 1.29 is 5.11 Å². The first-order valence-electron chi connectivity index (χ1n) is 4.48. The van der Waals surface area contributed by atoms with E-state index in [9.17, 15) is 9.90 Å². The van der Waals surface area contributed by atoms with Gasteiger partial charge in [-0.15, -0.1) is 0 Å². The SMILES string of the molecule is Cc1c(O)nc(C2CCC2)[nH]c1=O. The van der Waals surface area contributed by atoms with E-state index in [1.165, 1.54) is 6.42 Å². The molecule has 0 aromatic carbocycles. The number of nitrogens with zero attached hydrogens (tertiary/aromatic N) is 1. The van der Waals surface area contributed by atoms with Gasteiger partial charge in [0.2, 0.25) is 5.88 Å². The lowest BCUT2D eigenvalue weighted by atomic mass is 9.85. The van der Waals surface area contributed by atoms with Crippen molar-refractivity contribution in [3.05, 3.63) is 21.7 Å². The summed E-state index contributed by atoms with van der Waals surface area (Å²) in [5.74, 6) is 0.851. The van der Waals surface area contributed by atoms with Crippen molar-refractivity contribution in [1.82, 2.24) is 9.97 Å². The Morgan fingerprint density at radius 2 is 2.23 bits per heavy atom.